The van der Waals surface area contributed by atoms with Crippen LogP contribution in [-0.4, -0.2) is 26.5 Å². The number of fused-ring (bicyclic) bond motifs is 1. The first kappa shape index (κ1) is 10.0. The van der Waals surface area contributed by atoms with E-state index in [9.17, 15) is 4.79 Å². The van der Waals surface area contributed by atoms with Crippen LogP contribution in [0.2, 0.25) is 0 Å². The third kappa shape index (κ3) is 1.58. The van der Waals surface area contributed by atoms with Gasteiger partial charge in [-0.05, 0) is 18.6 Å². The van der Waals surface area contributed by atoms with E-state index in [2.05, 4.69) is 17.9 Å². The largest absolute Gasteiger partial charge is 0.372 e. The Morgan fingerprint density at radius 2 is 2.00 bits per heavy atom. The fourth-order valence-electron chi connectivity index (χ4n) is 2.09. The Morgan fingerprint density at radius 3 is 2.73 bits per heavy atom. The third-order valence-corrected chi connectivity index (χ3v) is 2.99. The Labute approximate surface area is 90.3 Å². The highest BCUT2D eigenvalue weighted by atomic mass is 16.2. The SMILES string of the molecule is Cc1cccc2c1N(C)CCC(=O)N2C. The van der Waals surface area contributed by atoms with E-state index in [1.165, 1.54) is 11.3 Å². The smallest absolute Gasteiger partial charge is 0.228 e. The van der Waals surface area contributed by atoms with E-state index in [0.29, 0.717) is 6.42 Å². The van der Waals surface area contributed by atoms with Crippen molar-refractivity contribution in [3.8, 4) is 0 Å². The Balaban J connectivity index is 2.59. The summed E-state index contributed by atoms with van der Waals surface area (Å²) in [6.07, 6.45) is 0.584. The molecule has 1 aromatic rings. The Morgan fingerprint density at radius 1 is 1.27 bits per heavy atom. The average Bonchev–Trinajstić information content (AvgIpc) is 2.32. The van der Waals surface area contributed by atoms with Gasteiger partial charge in [-0.1, -0.05) is 12.1 Å². The van der Waals surface area contributed by atoms with Crippen molar-refractivity contribution in [2.45, 2.75) is 13.3 Å². The molecule has 2 rings (SSSR count). The van der Waals surface area contributed by atoms with Crippen LogP contribution in [-0.2, 0) is 4.79 Å². The summed E-state index contributed by atoms with van der Waals surface area (Å²) in [7, 11) is 3.89. The third-order valence-electron chi connectivity index (χ3n) is 2.99. The molecule has 0 fully saturated rings. The Kier molecular flexibility index (Phi) is 2.39. The molecule has 0 N–H and O–H groups in total. The van der Waals surface area contributed by atoms with E-state index in [-0.39, 0.29) is 5.91 Å². The molecule has 3 nitrogen and oxygen atoms in total. The molecule has 80 valence electrons. The lowest BCUT2D eigenvalue weighted by molar-refractivity contribution is -0.118. The zero-order valence-corrected chi connectivity index (χ0v) is 9.45. The number of carbonyl (C=O) groups is 1. The van der Waals surface area contributed by atoms with Crippen LogP contribution in [0.4, 0.5) is 11.4 Å². The summed E-state index contributed by atoms with van der Waals surface area (Å²) < 4.78 is 0. The van der Waals surface area contributed by atoms with Crippen molar-refractivity contribution in [2.24, 2.45) is 0 Å². The van der Waals surface area contributed by atoms with Crippen LogP contribution in [0, 0.1) is 6.92 Å². The van der Waals surface area contributed by atoms with Crippen molar-refractivity contribution in [3.05, 3.63) is 23.8 Å². The van der Waals surface area contributed by atoms with Crippen LogP contribution in [0.3, 0.4) is 0 Å². The highest BCUT2D eigenvalue weighted by Gasteiger charge is 2.22. The minimum atomic E-state index is 0.186. The van der Waals surface area contributed by atoms with Gasteiger partial charge >= 0.3 is 0 Å². The van der Waals surface area contributed by atoms with Crippen molar-refractivity contribution >= 4 is 17.3 Å². The molecule has 1 amide bonds. The highest BCUT2D eigenvalue weighted by molar-refractivity contribution is 5.98. The first-order valence-corrected chi connectivity index (χ1v) is 5.18. The molecule has 0 bridgehead atoms. The highest BCUT2D eigenvalue weighted by Crippen LogP contribution is 2.33. The number of benzene rings is 1. The minimum absolute atomic E-state index is 0.186. The van der Waals surface area contributed by atoms with Crippen LogP contribution >= 0.6 is 0 Å². The topological polar surface area (TPSA) is 23.6 Å². The predicted octanol–water partition coefficient (Wildman–Crippen LogP) is 1.80. The quantitative estimate of drug-likeness (QED) is 0.643. The van der Waals surface area contributed by atoms with E-state index >= 15 is 0 Å². The fraction of sp³-hybridized carbons (Fsp3) is 0.417. The van der Waals surface area contributed by atoms with Gasteiger partial charge < -0.3 is 9.80 Å². The van der Waals surface area contributed by atoms with Crippen molar-refractivity contribution in [3.63, 3.8) is 0 Å². The maximum Gasteiger partial charge on any atom is 0.228 e. The van der Waals surface area contributed by atoms with Gasteiger partial charge in [-0.2, -0.15) is 0 Å². The lowest BCUT2D eigenvalue weighted by atomic mass is 10.1. The molecule has 0 spiro atoms. The molecule has 1 heterocycles. The first-order chi connectivity index (χ1) is 7.11. The summed E-state index contributed by atoms with van der Waals surface area (Å²) >= 11 is 0. The number of nitrogens with zero attached hydrogens (tertiary/aromatic N) is 2. The van der Waals surface area contributed by atoms with Crippen LogP contribution in [0.15, 0.2) is 18.2 Å². The number of hydrogen-bond donors (Lipinski definition) is 0. The maximum absolute atomic E-state index is 11.7. The molecular formula is C12H16N2O. The lowest BCUT2D eigenvalue weighted by Crippen LogP contribution is -2.25. The van der Waals surface area contributed by atoms with E-state index < -0.39 is 0 Å². The molecule has 0 atom stereocenters. The van der Waals surface area contributed by atoms with Gasteiger partial charge in [-0.15, -0.1) is 0 Å². The van der Waals surface area contributed by atoms with Crippen molar-refractivity contribution in [2.75, 3.05) is 30.4 Å². The molecule has 0 unspecified atom stereocenters. The van der Waals surface area contributed by atoms with Gasteiger partial charge in [-0.3, -0.25) is 4.79 Å². The summed E-state index contributed by atoms with van der Waals surface area (Å²) in [5, 5.41) is 0. The molecule has 3 heteroatoms. The minimum Gasteiger partial charge on any atom is -0.372 e. The van der Waals surface area contributed by atoms with Crippen molar-refractivity contribution < 1.29 is 4.79 Å². The number of para-hydroxylation sites is 1. The summed E-state index contributed by atoms with van der Waals surface area (Å²) in [5.41, 5.74) is 3.41. The van der Waals surface area contributed by atoms with Gasteiger partial charge in [0.25, 0.3) is 0 Å². The van der Waals surface area contributed by atoms with Gasteiger partial charge in [0.05, 0.1) is 11.4 Å². The number of aryl methyl sites for hydroxylation is 1. The van der Waals surface area contributed by atoms with E-state index in [1.807, 2.05) is 26.2 Å². The number of rotatable bonds is 0. The predicted molar refractivity (Wildman–Crippen MR) is 62.5 cm³/mol. The number of amides is 1. The van der Waals surface area contributed by atoms with E-state index in [1.54, 1.807) is 4.90 Å². The van der Waals surface area contributed by atoms with Gasteiger partial charge in [0.2, 0.25) is 5.91 Å². The monoisotopic (exact) mass is 204 g/mol. The van der Waals surface area contributed by atoms with Crippen molar-refractivity contribution in [1.29, 1.82) is 0 Å². The maximum atomic E-state index is 11.7. The van der Waals surface area contributed by atoms with Gasteiger partial charge in [-0.25, -0.2) is 0 Å². The lowest BCUT2D eigenvalue weighted by Gasteiger charge is -2.23. The number of hydrogen-bond acceptors (Lipinski definition) is 2. The summed E-state index contributed by atoms with van der Waals surface area (Å²) in [6, 6.07) is 6.08. The Bertz CT molecular complexity index is 401. The van der Waals surface area contributed by atoms with Crippen LogP contribution in [0.1, 0.15) is 12.0 Å². The normalized spacial score (nSPS) is 16.3. The van der Waals surface area contributed by atoms with Crippen LogP contribution < -0.4 is 9.80 Å². The van der Waals surface area contributed by atoms with Crippen molar-refractivity contribution in [1.82, 2.24) is 0 Å². The van der Waals surface area contributed by atoms with Gasteiger partial charge in [0.15, 0.2) is 0 Å². The van der Waals surface area contributed by atoms with Gasteiger partial charge in [0.1, 0.15) is 0 Å². The molecule has 0 saturated heterocycles. The fourth-order valence-corrected chi connectivity index (χ4v) is 2.09. The summed E-state index contributed by atoms with van der Waals surface area (Å²) in [4.78, 5) is 15.6. The second-order valence-corrected chi connectivity index (χ2v) is 4.07. The zero-order chi connectivity index (χ0) is 11.0. The molecule has 0 aromatic heterocycles. The number of anilines is 2. The molecule has 0 aliphatic carbocycles. The number of carbonyl (C=O) groups excluding carboxylic acids is 1. The Hall–Kier alpha value is -1.51. The molecule has 0 radical (unpaired) electrons. The molecule has 1 aromatic carbocycles. The second kappa shape index (κ2) is 3.57. The summed E-state index contributed by atoms with van der Waals surface area (Å²) in [6.45, 7) is 2.87. The van der Waals surface area contributed by atoms with Crippen LogP contribution in [0.25, 0.3) is 0 Å². The second-order valence-electron chi connectivity index (χ2n) is 4.07. The van der Waals surface area contributed by atoms with Crippen LogP contribution in [0.5, 0.6) is 0 Å². The molecule has 1 aliphatic heterocycles. The zero-order valence-electron chi connectivity index (χ0n) is 9.45. The van der Waals surface area contributed by atoms with E-state index in [4.69, 9.17) is 0 Å². The molecule has 0 saturated carbocycles. The standard InChI is InChI=1S/C12H16N2O/c1-9-5-4-6-10-12(9)13(2)8-7-11(15)14(10)3/h4-6H,7-8H2,1-3H3. The average molecular weight is 204 g/mol. The van der Waals surface area contributed by atoms with Gasteiger partial charge in [0, 0.05) is 27.1 Å². The molecular weight excluding hydrogens is 188 g/mol. The molecule has 1 aliphatic rings. The molecule has 15 heavy (non-hydrogen) atoms. The van der Waals surface area contributed by atoms with E-state index in [0.717, 1.165) is 12.2 Å². The first-order valence-electron chi connectivity index (χ1n) is 5.18. The summed E-state index contributed by atoms with van der Waals surface area (Å²) in [5.74, 6) is 0.186.